The first-order valence-corrected chi connectivity index (χ1v) is 4.95. The molecular formula is C8H9ClN6O. The van der Waals surface area contributed by atoms with Crippen LogP contribution in [-0.4, -0.2) is 32.4 Å². The van der Waals surface area contributed by atoms with Crippen molar-refractivity contribution in [1.29, 1.82) is 0 Å². The van der Waals surface area contributed by atoms with E-state index in [2.05, 4.69) is 25.3 Å². The normalized spacial score (nSPS) is 10.6. The lowest BCUT2D eigenvalue weighted by Gasteiger charge is -2.02. The number of imidazole rings is 1. The van der Waals surface area contributed by atoms with Crippen LogP contribution >= 0.6 is 11.6 Å². The van der Waals surface area contributed by atoms with Crippen molar-refractivity contribution in [2.75, 3.05) is 11.9 Å². The van der Waals surface area contributed by atoms with E-state index in [1.54, 1.807) is 0 Å². The Bertz CT molecular complexity index is 524. The largest absolute Gasteiger partial charge is 0.341 e. The van der Waals surface area contributed by atoms with Crippen molar-refractivity contribution in [3.63, 3.8) is 0 Å². The number of carbonyl (C=O) groups excluding carboxylic acids is 1. The molecule has 16 heavy (non-hydrogen) atoms. The van der Waals surface area contributed by atoms with E-state index in [0.717, 1.165) is 0 Å². The molecule has 2 aromatic rings. The molecule has 4 N–H and O–H groups in total. The van der Waals surface area contributed by atoms with E-state index in [4.69, 9.17) is 17.3 Å². The van der Waals surface area contributed by atoms with E-state index in [1.165, 1.54) is 6.33 Å². The van der Waals surface area contributed by atoms with Crippen LogP contribution < -0.4 is 11.1 Å². The van der Waals surface area contributed by atoms with Crippen molar-refractivity contribution in [2.45, 2.75) is 6.42 Å². The molecule has 8 heteroatoms. The molecule has 7 nitrogen and oxygen atoms in total. The van der Waals surface area contributed by atoms with Crippen LogP contribution in [0.3, 0.4) is 0 Å². The van der Waals surface area contributed by atoms with Crippen LogP contribution in [0.4, 0.5) is 5.95 Å². The topological polar surface area (TPSA) is 110 Å². The zero-order valence-electron chi connectivity index (χ0n) is 8.20. The molecule has 0 aliphatic rings. The molecule has 0 radical (unpaired) electrons. The molecule has 0 aliphatic carbocycles. The van der Waals surface area contributed by atoms with Gasteiger partial charge in [-0.25, -0.2) is 4.98 Å². The maximum atomic E-state index is 11.3. The quantitative estimate of drug-likeness (QED) is 0.668. The second-order valence-electron chi connectivity index (χ2n) is 3.03. The van der Waals surface area contributed by atoms with Crippen LogP contribution in [-0.2, 0) is 4.79 Å². The number of carbonyl (C=O) groups is 1. The molecule has 0 fully saturated rings. The molecule has 0 aliphatic heterocycles. The molecule has 2 aromatic heterocycles. The Balaban J connectivity index is 2.28. The summed E-state index contributed by atoms with van der Waals surface area (Å²) >= 11 is 5.87. The van der Waals surface area contributed by atoms with Gasteiger partial charge in [-0.1, -0.05) is 11.6 Å². The average molecular weight is 241 g/mol. The van der Waals surface area contributed by atoms with Gasteiger partial charge < -0.3 is 10.7 Å². The fourth-order valence-corrected chi connectivity index (χ4v) is 1.39. The van der Waals surface area contributed by atoms with Gasteiger partial charge in [0.15, 0.2) is 10.8 Å². The lowest BCUT2D eigenvalue weighted by atomic mass is 10.4. The number of amides is 1. The summed E-state index contributed by atoms with van der Waals surface area (Å²) in [5, 5.41) is 2.70. The average Bonchev–Trinajstić information content (AvgIpc) is 2.66. The fraction of sp³-hybridized carbons (Fsp3) is 0.250. The van der Waals surface area contributed by atoms with Gasteiger partial charge in [0, 0.05) is 13.0 Å². The number of rotatable bonds is 3. The summed E-state index contributed by atoms with van der Waals surface area (Å²) in [7, 11) is 0. The van der Waals surface area contributed by atoms with Crippen molar-refractivity contribution in [3.05, 3.63) is 11.5 Å². The summed E-state index contributed by atoms with van der Waals surface area (Å²) in [5.41, 5.74) is 6.19. The summed E-state index contributed by atoms with van der Waals surface area (Å²) in [6.07, 6.45) is 1.66. The third-order valence-electron chi connectivity index (χ3n) is 1.86. The summed E-state index contributed by atoms with van der Waals surface area (Å²) in [6.45, 7) is 0.268. The molecule has 0 unspecified atom stereocenters. The van der Waals surface area contributed by atoms with Crippen molar-refractivity contribution >= 4 is 34.6 Å². The van der Waals surface area contributed by atoms with Gasteiger partial charge in [0.25, 0.3) is 0 Å². The molecule has 84 valence electrons. The zero-order valence-corrected chi connectivity index (χ0v) is 8.95. The van der Waals surface area contributed by atoms with Gasteiger partial charge in [-0.15, -0.1) is 0 Å². The number of hydrogen-bond donors (Lipinski definition) is 3. The molecule has 0 saturated carbocycles. The predicted molar refractivity (Wildman–Crippen MR) is 59.0 cm³/mol. The highest BCUT2D eigenvalue weighted by atomic mass is 35.5. The monoisotopic (exact) mass is 240 g/mol. The Morgan fingerprint density at radius 2 is 2.38 bits per heavy atom. The molecule has 1 amide bonds. The summed E-state index contributed by atoms with van der Waals surface area (Å²) in [4.78, 5) is 25.9. The second-order valence-corrected chi connectivity index (χ2v) is 3.38. The maximum Gasteiger partial charge on any atom is 0.233 e. The number of hydrogen-bond acceptors (Lipinski definition) is 5. The summed E-state index contributed by atoms with van der Waals surface area (Å²) < 4.78 is 0. The first-order chi connectivity index (χ1) is 7.70. The van der Waals surface area contributed by atoms with Crippen molar-refractivity contribution in [1.82, 2.24) is 19.9 Å². The Morgan fingerprint density at radius 1 is 1.56 bits per heavy atom. The van der Waals surface area contributed by atoms with Crippen molar-refractivity contribution in [2.24, 2.45) is 5.73 Å². The van der Waals surface area contributed by atoms with Gasteiger partial charge in [0.05, 0.1) is 6.33 Å². The minimum atomic E-state index is -0.256. The van der Waals surface area contributed by atoms with E-state index < -0.39 is 0 Å². The number of H-pyrrole nitrogens is 1. The maximum absolute atomic E-state index is 11.3. The number of nitrogens with two attached hydrogens (primary N) is 1. The molecule has 2 rings (SSSR count). The minimum absolute atomic E-state index is 0.128. The van der Waals surface area contributed by atoms with Crippen LogP contribution in [0.25, 0.3) is 11.2 Å². The number of nitrogens with one attached hydrogen (secondary N) is 2. The van der Waals surface area contributed by atoms with Gasteiger partial charge in [-0.2, -0.15) is 9.97 Å². The minimum Gasteiger partial charge on any atom is -0.341 e. The first kappa shape index (κ1) is 10.8. The number of nitrogens with zero attached hydrogens (tertiary/aromatic N) is 3. The molecule has 0 aromatic carbocycles. The Kier molecular flexibility index (Phi) is 2.97. The van der Waals surface area contributed by atoms with E-state index in [1.807, 2.05) is 0 Å². The van der Waals surface area contributed by atoms with E-state index in [0.29, 0.717) is 11.2 Å². The molecule has 0 spiro atoms. The summed E-state index contributed by atoms with van der Waals surface area (Å²) in [6, 6.07) is 0. The number of fused-ring (bicyclic) bond motifs is 1. The second kappa shape index (κ2) is 4.42. The lowest BCUT2D eigenvalue weighted by molar-refractivity contribution is -0.116. The number of halogens is 1. The lowest BCUT2D eigenvalue weighted by Crippen LogP contribution is -2.17. The van der Waals surface area contributed by atoms with Crippen LogP contribution in [0.1, 0.15) is 6.42 Å². The number of anilines is 1. The van der Waals surface area contributed by atoms with Crippen LogP contribution in [0.2, 0.25) is 5.15 Å². The smallest absolute Gasteiger partial charge is 0.233 e. The van der Waals surface area contributed by atoms with Gasteiger partial charge in [0.1, 0.15) is 5.52 Å². The van der Waals surface area contributed by atoms with Gasteiger partial charge >= 0.3 is 0 Å². The number of aromatic amines is 1. The standard InChI is InChI=1S/C8H9ClN6O/c9-6-5-7(12-3-11-5)15-8(14-6)13-4(16)1-2-10/h3H,1-2,10H2,(H2,11,12,13,14,15,16). The van der Waals surface area contributed by atoms with Gasteiger partial charge in [-0.05, 0) is 0 Å². The highest BCUT2D eigenvalue weighted by molar-refractivity contribution is 6.33. The first-order valence-electron chi connectivity index (χ1n) is 4.57. The van der Waals surface area contributed by atoms with Crippen LogP contribution in [0, 0.1) is 0 Å². The number of aromatic nitrogens is 4. The zero-order chi connectivity index (χ0) is 11.5. The predicted octanol–water partition coefficient (Wildman–Crippen LogP) is 0.294. The van der Waals surface area contributed by atoms with Crippen LogP contribution in [0.5, 0.6) is 0 Å². The van der Waals surface area contributed by atoms with Crippen LogP contribution in [0.15, 0.2) is 6.33 Å². The van der Waals surface area contributed by atoms with Gasteiger partial charge in [0.2, 0.25) is 11.9 Å². The Hall–Kier alpha value is -1.73. The van der Waals surface area contributed by atoms with E-state index >= 15 is 0 Å². The fourth-order valence-electron chi connectivity index (χ4n) is 1.17. The van der Waals surface area contributed by atoms with E-state index in [-0.39, 0.29) is 30.0 Å². The highest BCUT2D eigenvalue weighted by Gasteiger charge is 2.09. The molecule has 0 atom stereocenters. The third kappa shape index (κ3) is 2.10. The molecule has 0 saturated heterocycles. The third-order valence-corrected chi connectivity index (χ3v) is 2.14. The Labute approximate surface area is 95.4 Å². The molecule has 2 heterocycles. The molecular weight excluding hydrogens is 232 g/mol. The Morgan fingerprint density at radius 3 is 3.12 bits per heavy atom. The highest BCUT2D eigenvalue weighted by Crippen LogP contribution is 2.18. The SMILES string of the molecule is NCCC(=O)Nc1nc(Cl)c2[nH]cnc2n1. The van der Waals surface area contributed by atoms with Crippen molar-refractivity contribution < 1.29 is 4.79 Å². The van der Waals surface area contributed by atoms with E-state index in [9.17, 15) is 4.79 Å². The van der Waals surface area contributed by atoms with Crippen molar-refractivity contribution in [3.8, 4) is 0 Å². The molecule has 0 bridgehead atoms. The summed E-state index contributed by atoms with van der Waals surface area (Å²) in [5.74, 6) is -0.128. The van der Waals surface area contributed by atoms with Gasteiger partial charge in [-0.3, -0.25) is 10.1 Å².